The van der Waals surface area contributed by atoms with Gasteiger partial charge >= 0.3 is 0 Å². The van der Waals surface area contributed by atoms with Crippen molar-refractivity contribution >= 4 is 40.9 Å². The molecule has 2 aliphatic rings. The highest BCUT2D eigenvalue weighted by Gasteiger charge is 2.20. The van der Waals surface area contributed by atoms with Gasteiger partial charge in [0, 0.05) is 37.6 Å². The van der Waals surface area contributed by atoms with Crippen LogP contribution < -0.4 is 15.5 Å². The zero-order valence-electron chi connectivity index (χ0n) is 18.1. The smallest absolute Gasteiger partial charge is 0.232 e. The Morgan fingerprint density at radius 2 is 1.84 bits per heavy atom. The fourth-order valence-corrected chi connectivity index (χ4v) is 5.23. The van der Waals surface area contributed by atoms with Crippen molar-refractivity contribution in [1.82, 2.24) is 25.3 Å². The Labute approximate surface area is 194 Å². The molecule has 31 heavy (non-hydrogen) atoms. The van der Waals surface area contributed by atoms with Gasteiger partial charge in [-0.3, -0.25) is 0 Å². The number of hydrogen-bond donors (Lipinski definition) is 2. The Morgan fingerprint density at radius 1 is 1.06 bits per heavy atom. The lowest BCUT2D eigenvalue weighted by Gasteiger charge is -2.32. The summed E-state index contributed by atoms with van der Waals surface area (Å²) in [4.78, 5) is 20.5. The Balaban J connectivity index is 1.51. The zero-order chi connectivity index (χ0) is 21.5. The summed E-state index contributed by atoms with van der Waals surface area (Å²) in [5.74, 6) is 2.12. The molecule has 2 N–H and O–H groups in total. The van der Waals surface area contributed by atoms with Gasteiger partial charge in [-0.25, -0.2) is 15.0 Å². The number of thiocarbonyl (C=S) groups is 1. The fourth-order valence-electron chi connectivity index (χ4n) is 4.26. The third kappa shape index (κ3) is 6.74. The van der Waals surface area contributed by atoms with Crippen LogP contribution in [-0.4, -0.2) is 44.2 Å². The van der Waals surface area contributed by atoms with Crippen LogP contribution in [0.15, 0.2) is 34.7 Å². The van der Waals surface area contributed by atoms with Crippen molar-refractivity contribution in [2.45, 2.75) is 74.5 Å². The highest BCUT2D eigenvalue weighted by atomic mass is 32.2. The van der Waals surface area contributed by atoms with E-state index in [1.807, 2.05) is 12.1 Å². The Bertz CT molecular complexity index is 856. The lowest BCUT2D eigenvalue weighted by Crippen LogP contribution is -2.38. The van der Waals surface area contributed by atoms with Crippen molar-refractivity contribution in [3.05, 3.63) is 24.5 Å². The van der Waals surface area contributed by atoms with Gasteiger partial charge in [-0.05, 0) is 61.6 Å². The predicted molar refractivity (Wildman–Crippen MR) is 130 cm³/mol. The molecule has 9 heteroatoms. The number of piperidine rings is 1. The topological polar surface area (TPSA) is 78.9 Å². The molecule has 7 nitrogen and oxygen atoms in total. The van der Waals surface area contributed by atoms with Crippen LogP contribution in [0, 0.1) is 5.92 Å². The molecular weight excluding hydrogens is 426 g/mol. The van der Waals surface area contributed by atoms with Crippen LogP contribution in [0.2, 0.25) is 0 Å². The third-order valence-electron chi connectivity index (χ3n) is 5.82. The standard InChI is InChI=1S/C22H31N7S2/c1-16-8-6-13-29(15-16)18-14-19(31-22-23-11-7-12-24-22)27-20(26-18)28-21(30)25-17-9-4-2-3-5-10-17/h7,11-12,14,16-17H,2-6,8-10,13,15H2,1H3,(H2,25,26,27,28,30). The molecule has 0 aromatic carbocycles. The van der Waals surface area contributed by atoms with E-state index in [1.54, 1.807) is 12.4 Å². The van der Waals surface area contributed by atoms with Gasteiger partial charge in [0.15, 0.2) is 10.3 Å². The van der Waals surface area contributed by atoms with E-state index in [4.69, 9.17) is 22.2 Å². The van der Waals surface area contributed by atoms with Gasteiger partial charge in [0.05, 0.1) is 0 Å². The average molecular weight is 458 g/mol. The largest absolute Gasteiger partial charge is 0.360 e. The first kappa shape index (κ1) is 22.2. The molecule has 1 aliphatic carbocycles. The van der Waals surface area contributed by atoms with Crippen molar-refractivity contribution in [2.24, 2.45) is 5.92 Å². The second-order valence-corrected chi connectivity index (χ2v) is 9.90. The minimum atomic E-state index is 0.431. The molecule has 1 unspecified atom stereocenters. The molecule has 4 rings (SSSR count). The first-order valence-corrected chi connectivity index (χ1v) is 12.5. The number of nitrogens with zero attached hydrogens (tertiary/aromatic N) is 5. The Kier molecular flexibility index (Phi) is 7.91. The molecular formula is C22H31N7S2. The number of rotatable bonds is 5. The van der Waals surface area contributed by atoms with Crippen molar-refractivity contribution in [2.75, 3.05) is 23.3 Å². The minimum absolute atomic E-state index is 0.431. The van der Waals surface area contributed by atoms with Crippen LogP contribution in [0.5, 0.6) is 0 Å². The number of anilines is 2. The first-order valence-electron chi connectivity index (χ1n) is 11.3. The van der Waals surface area contributed by atoms with E-state index < -0.39 is 0 Å². The van der Waals surface area contributed by atoms with Crippen LogP contribution in [-0.2, 0) is 0 Å². The van der Waals surface area contributed by atoms with E-state index in [1.165, 1.54) is 63.1 Å². The minimum Gasteiger partial charge on any atom is -0.360 e. The van der Waals surface area contributed by atoms with Gasteiger partial charge in [0.1, 0.15) is 10.8 Å². The van der Waals surface area contributed by atoms with E-state index in [0.29, 0.717) is 28.2 Å². The van der Waals surface area contributed by atoms with Gasteiger partial charge in [0.25, 0.3) is 0 Å². The van der Waals surface area contributed by atoms with Gasteiger partial charge in [-0.15, -0.1) is 0 Å². The maximum atomic E-state index is 5.61. The van der Waals surface area contributed by atoms with Crippen LogP contribution in [0.3, 0.4) is 0 Å². The summed E-state index contributed by atoms with van der Waals surface area (Å²) in [6, 6.07) is 4.28. The highest BCUT2D eigenvalue weighted by molar-refractivity contribution is 7.99. The fraction of sp³-hybridized carbons (Fsp3) is 0.591. The highest BCUT2D eigenvalue weighted by Crippen LogP contribution is 2.29. The van der Waals surface area contributed by atoms with Crippen molar-refractivity contribution in [1.29, 1.82) is 0 Å². The molecule has 0 spiro atoms. The molecule has 2 aromatic heterocycles. The summed E-state index contributed by atoms with van der Waals surface area (Å²) < 4.78 is 0. The SMILES string of the molecule is CC1CCCN(c2cc(Sc3ncccn3)nc(NC(=S)NC3CCCCCC3)n2)C1. The summed E-state index contributed by atoms with van der Waals surface area (Å²) in [6.45, 7) is 4.32. The Morgan fingerprint density at radius 3 is 2.58 bits per heavy atom. The molecule has 3 heterocycles. The third-order valence-corrected chi connectivity index (χ3v) is 6.86. The molecule has 166 valence electrons. The molecule has 2 fully saturated rings. The molecule has 1 aliphatic heterocycles. The van der Waals surface area contributed by atoms with E-state index in [2.05, 4.69) is 32.4 Å². The number of hydrogen-bond acceptors (Lipinski definition) is 7. The summed E-state index contributed by atoms with van der Waals surface area (Å²) >= 11 is 7.05. The quantitative estimate of drug-likeness (QED) is 0.288. The summed E-state index contributed by atoms with van der Waals surface area (Å²) in [6.07, 6.45) is 13.4. The van der Waals surface area contributed by atoms with E-state index in [-0.39, 0.29) is 0 Å². The molecule has 2 aromatic rings. The summed E-state index contributed by atoms with van der Waals surface area (Å²) in [5, 5.41) is 8.81. The van der Waals surface area contributed by atoms with Gasteiger partial charge < -0.3 is 15.5 Å². The lowest BCUT2D eigenvalue weighted by molar-refractivity contribution is 0.444. The van der Waals surface area contributed by atoms with Crippen LogP contribution in [0.4, 0.5) is 11.8 Å². The summed E-state index contributed by atoms with van der Waals surface area (Å²) in [5.41, 5.74) is 0. The van der Waals surface area contributed by atoms with Crippen molar-refractivity contribution in [3.63, 3.8) is 0 Å². The number of nitrogens with one attached hydrogen (secondary N) is 2. The van der Waals surface area contributed by atoms with Crippen LogP contribution >= 0.6 is 24.0 Å². The maximum Gasteiger partial charge on any atom is 0.232 e. The molecule has 0 amide bonds. The van der Waals surface area contributed by atoms with Crippen LogP contribution in [0.1, 0.15) is 58.3 Å². The second kappa shape index (κ2) is 11.0. The molecule has 1 saturated carbocycles. The monoisotopic (exact) mass is 457 g/mol. The van der Waals surface area contributed by atoms with Gasteiger partial charge in [-0.2, -0.15) is 4.98 Å². The molecule has 0 radical (unpaired) electrons. The molecule has 1 saturated heterocycles. The van der Waals surface area contributed by atoms with E-state index >= 15 is 0 Å². The molecule has 1 atom stereocenters. The Hall–Kier alpha value is -2.00. The summed E-state index contributed by atoms with van der Waals surface area (Å²) in [7, 11) is 0. The first-order chi connectivity index (χ1) is 15.2. The second-order valence-electron chi connectivity index (χ2n) is 8.50. The molecule has 0 bridgehead atoms. The normalized spacial score (nSPS) is 20.2. The lowest BCUT2D eigenvalue weighted by atomic mass is 10.0. The van der Waals surface area contributed by atoms with Gasteiger partial charge in [-0.1, -0.05) is 32.6 Å². The number of aromatic nitrogens is 4. The predicted octanol–water partition coefficient (Wildman–Crippen LogP) is 4.66. The van der Waals surface area contributed by atoms with Crippen molar-refractivity contribution < 1.29 is 0 Å². The van der Waals surface area contributed by atoms with Crippen LogP contribution in [0.25, 0.3) is 0 Å². The van der Waals surface area contributed by atoms with E-state index in [9.17, 15) is 0 Å². The van der Waals surface area contributed by atoms with Crippen molar-refractivity contribution in [3.8, 4) is 0 Å². The van der Waals surface area contributed by atoms with E-state index in [0.717, 1.165) is 23.9 Å². The average Bonchev–Trinajstić information content (AvgIpc) is 3.03. The zero-order valence-corrected chi connectivity index (χ0v) is 19.7. The van der Waals surface area contributed by atoms with Gasteiger partial charge in [0.2, 0.25) is 5.95 Å². The maximum absolute atomic E-state index is 5.61.